The molecule has 21 heavy (non-hydrogen) atoms. The van der Waals surface area contributed by atoms with E-state index in [-0.39, 0.29) is 0 Å². The summed E-state index contributed by atoms with van der Waals surface area (Å²) < 4.78 is 23.1. The zero-order valence-electron chi connectivity index (χ0n) is 13.2. The monoisotopic (exact) mass is 310 g/mol. The Morgan fingerprint density at radius 1 is 1.29 bits per heavy atom. The Morgan fingerprint density at radius 2 is 1.95 bits per heavy atom. The van der Waals surface area contributed by atoms with Crippen LogP contribution in [0, 0.1) is 5.92 Å². The lowest BCUT2D eigenvalue weighted by molar-refractivity contribution is 0.541. The van der Waals surface area contributed by atoms with E-state index >= 15 is 0 Å². The van der Waals surface area contributed by atoms with Crippen molar-refractivity contribution in [1.29, 1.82) is 0 Å². The van der Waals surface area contributed by atoms with Gasteiger partial charge >= 0.3 is 0 Å². The van der Waals surface area contributed by atoms with Gasteiger partial charge in [-0.1, -0.05) is 13.8 Å². The van der Waals surface area contributed by atoms with Crippen LogP contribution in [0.2, 0.25) is 0 Å². The summed E-state index contributed by atoms with van der Waals surface area (Å²) >= 11 is 0. The average molecular weight is 310 g/mol. The van der Waals surface area contributed by atoms with Gasteiger partial charge in [0, 0.05) is 31.1 Å². The highest BCUT2D eigenvalue weighted by Crippen LogP contribution is 2.21. The molecule has 4 nitrogen and oxygen atoms in total. The molecule has 1 saturated heterocycles. The van der Waals surface area contributed by atoms with Crippen LogP contribution in [0.25, 0.3) is 0 Å². The molecule has 1 unspecified atom stereocenters. The van der Waals surface area contributed by atoms with Gasteiger partial charge in [0.1, 0.15) is 0 Å². The van der Waals surface area contributed by atoms with Crippen molar-refractivity contribution < 1.29 is 8.42 Å². The van der Waals surface area contributed by atoms with E-state index in [2.05, 4.69) is 24.1 Å². The fourth-order valence-electron chi connectivity index (χ4n) is 2.81. The number of benzene rings is 1. The number of rotatable bonds is 6. The highest BCUT2D eigenvalue weighted by Gasteiger charge is 2.19. The second-order valence-corrected chi connectivity index (χ2v) is 8.37. The van der Waals surface area contributed by atoms with Crippen LogP contribution >= 0.6 is 0 Å². The van der Waals surface area contributed by atoms with Crippen molar-refractivity contribution in [3.63, 3.8) is 0 Å². The summed E-state index contributed by atoms with van der Waals surface area (Å²) in [6.45, 7) is 7.49. The van der Waals surface area contributed by atoms with Crippen LogP contribution in [0.1, 0.15) is 26.7 Å². The Balaban J connectivity index is 2.15. The zero-order chi connectivity index (χ0) is 15.5. The molecule has 0 radical (unpaired) electrons. The van der Waals surface area contributed by atoms with Gasteiger partial charge in [-0.25, -0.2) is 8.42 Å². The van der Waals surface area contributed by atoms with Crippen LogP contribution in [-0.4, -0.2) is 40.3 Å². The molecule has 1 heterocycles. The molecule has 0 aliphatic carbocycles. The minimum Gasteiger partial charge on any atom is -0.370 e. The van der Waals surface area contributed by atoms with Crippen LogP contribution in [0.15, 0.2) is 29.2 Å². The first kappa shape index (κ1) is 16.3. The number of nitrogens with zero attached hydrogens (tertiary/aromatic N) is 1. The third kappa shape index (κ3) is 4.71. The molecule has 1 atom stereocenters. The van der Waals surface area contributed by atoms with Crippen LogP contribution in [-0.2, 0) is 9.84 Å². The molecule has 1 aromatic rings. The van der Waals surface area contributed by atoms with Gasteiger partial charge in [0.2, 0.25) is 0 Å². The van der Waals surface area contributed by atoms with Crippen LogP contribution in [0.4, 0.5) is 5.69 Å². The molecule has 1 aromatic carbocycles. The van der Waals surface area contributed by atoms with E-state index in [0.29, 0.717) is 16.9 Å². The molecule has 0 bridgehead atoms. The SMILES string of the molecule is CC(C)CN(CC1CCCN1)c1ccc(S(C)(=O)=O)cc1. The Morgan fingerprint density at radius 3 is 2.43 bits per heavy atom. The van der Waals surface area contributed by atoms with Gasteiger partial charge in [-0.15, -0.1) is 0 Å². The predicted molar refractivity (Wildman–Crippen MR) is 87.6 cm³/mol. The molecule has 0 spiro atoms. The highest BCUT2D eigenvalue weighted by molar-refractivity contribution is 7.90. The number of sulfone groups is 1. The van der Waals surface area contributed by atoms with Gasteiger partial charge in [0.25, 0.3) is 0 Å². The van der Waals surface area contributed by atoms with Crippen molar-refractivity contribution in [3.05, 3.63) is 24.3 Å². The van der Waals surface area contributed by atoms with E-state index in [4.69, 9.17) is 0 Å². The Bertz CT molecular complexity index is 546. The Labute approximate surface area is 128 Å². The maximum atomic E-state index is 11.5. The molecule has 5 heteroatoms. The van der Waals surface area contributed by atoms with Gasteiger partial charge in [-0.2, -0.15) is 0 Å². The first-order valence-electron chi connectivity index (χ1n) is 7.64. The summed E-state index contributed by atoms with van der Waals surface area (Å²) in [4.78, 5) is 2.74. The largest absolute Gasteiger partial charge is 0.370 e. The summed E-state index contributed by atoms with van der Waals surface area (Å²) in [5, 5.41) is 3.53. The van der Waals surface area contributed by atoms with Crippen molar-refractivity contribution in [3.8, 4) is 0 Å². The molecular formula is C16H26N2O2S. The summed E-state index contributed by atoms with van der Waals surface area (Å²) in [5.74, 6) is 0.570. The molecule has 1 aliphatic rings. The highest BCUT2D eigenvalue weighted by atomic mass is 32.2. The van der Waals surface area contributed by atoms with E-state index in [1.54, 1.807) is 12.1 Å². The summed E-state index contributed by atoms with van der Waals surface area (Å²) in [6.07, 6.45) is 3.71. The standard InChI is InChI=1S/C16H26N2O2S/c1-13(2)11-18(12-14-5-4-10-17-14)15-6-8-16(9-7-15)21(3,19)20/h6-9,13-14,17H,4-5,10-12H2,1-3H3. The van der Waals surface area contributed by atoms with E-state index in [0.717, 1.165) is 25.3 Å². The molecule has 118 valence electrons. The lowest BCUT2D eigenvalue weighted by Crippen LogP contribution is -2.39. The van der Waals surface area contributed by atoms with E-state index < -0.39 is 9.84 Å². The summed E-state index contributed by atoms with van der Waals surface area (Å²) in [6, 6.07) is 7.81. The topological polar surface area (TPSA) is 49.4 Å². The van der Waals surface area contributed by atoms with E-state index in [1.807, 2.05) is 12.1 Å². The molecule has 0 amide bonds. The number of hydrogen-bond donors (Lipinski definition) is 1. The van der Waals surface area contributed by atoms with Gasteiger partial charge in [0.15, 0.2) is 9.84 Å². The summed E-state index contributed by atoms with van der Waals surface area (Å²) in [5.41, 5.74) is 1.10. The first-order valence-corrected chi connectivity index (χ1v) is 9.54. The van der Waals surface area contributed by atoms with Gasteiger partial charge < -0.3 is 10.2 Å². The smallest absolute Gasteiger partial charge is 0.175 e. The fourth-order valence-corrected chi connectivity index (χ4v) is 3.44. The van der Waals surface area contributed by atoms with Gasteiger partial charge in [0.05, 0.1) is 4.90 Å². The molecular weight excluding hydrogens is 284 g/mol. The maximum Gasteiger partial charge on any atom is 0.175 e. The normalized spacial score (nSPS) is 19.1. The van der Waals surface area contributed by atoms with E-state index in [1.165, 1.54) is 19.1 Å². The molecule has 0 aromatic heterocycles. The lowest BCUT2D eigenvalue weighted by atomic mass is 10.1. The Kier molecular flexibility index (Phi) is 5.27. The van der Waals surface area contributed by atoms with Crippen LogP contribution < -0.4 is 10.2 Å². The van der Waals surface area contributed by atoms with Crippen LogP contribution in [0.5, 0.6) is 0 Å². The minimum absolute atomic E-state index is 0.384. The Hall–Kier alpha value is -1.07. The van der Waals surface area contributed by atoms with Gasteiger partial charge in [-0.3, -0.25) is 0 Å². The van der Waals surface area contributed by atoms with Crippen molar-refractivity contribution in [2.75, 3.05) is 30.8 Å². The molecule has 1 aliphatic heterocycles. The van der Waals surface area contributed by atoms with Gasteiger partial charge in [-0.05, 0) is 49.6 Å². The summed E-state index contributed by atoms with van der Waals surface area (Å²) in [7, 11) is -3.12. The molecule has 0 saturated carbocycles. The maximum absolute atomic E-state index is 11.5. The first-order chi connectivity index (χ1) is 9.86. The zero-order valence-corrected chi connectivity index (χ0v) is 14.0. The molecule has 1 fully saturated rings. The predicted octanol–water partition coefficient (Wildman–Crippen LogP) is 2.30. The average Bonchev–Trinajstić information content (AvgIpc) is 2.89. The van der Waals surface area contributed by atoms with Crippen molar-refractivity contribution >= 4 is 15.5 Å². The second-order valence-electron chi connectivity index (χ2n) is 6.36. The third-order valence-corrected chi connectivity index (χ3v) is 4.95. The quantitative estimate of drug-likeness (QED) is 0.876. The number of anilines is 1. The minimum atomic E-state index is -3.12. The number of nitrogens with one attached hydrogen (secondary N) is 1. The third-order valence-electron chi connectivity index (χ3n) is 3.82. The van der Waals surface area contributed by atoms with Crippen molar-refractivity contribution in [2.24, 2.45) is 5.92 Å². The van der Waals surface area contributed by atoms with Crippen molar-refractivity contribution in [2.45, 2.75) is 37.6 Å². The second kappa shape index (κ2) is 6.79. The number of hydrogen-bond acceptors (Lipinski definition) is 4. The van der Waals surface area contributed by atoms with E-state index in [9.17, 15) is 8.42 Å². The molecule has 1 N–H and O–H groups in total. The van der Waals surface area contributed by atoms with Crippen LogP contribution in [0.3, 0.4) is 0 Å². The fraction of sp³-hybridized carbons (Fsp3) is 0.625. The lowest BCUT2D eigenvalue weighted by Gasteiger charge is -2.29. The molecule has 2 rings (SSSR count). The van der Waals surface area contributed by atoms with Crippen molar-refractivity contribution in [1.82, 2.24) is 5.32 Å².